The highest BCUT2D eigenvalue weighted by atomic mass is 15.1. The van der Waals surface area contributed by atoms with Crippen molar-refractivity contribution in [1.29, 1.82) is 0 Å². The summed E-state index contributed by atoms with van der Waals surface area (Å²) in [4.78, 5) is 0. The van der Waals surface area contributed by atoms with Crippen LogP contribution < -0.4 is 5.73 Å². The van der Waals surface area contributed by atoms with Crippen LogP contribution in [0.4, 0.5) is 5.69 Å². The van der Waals surface area contributed by atoms with Crippen LogP contribution in [0.1, 0.15) is 28.9 Å². The number of aromatic amines is 1. The number of anilines is 1. The molecule has 0 saturated heterocycles. The Balaban J connectivity index is 1.87. The molecule has 2 aromatic rings. The molecule has 1 aromatic carbocycles. The van der Waals surface area contributed by atoms with Gasteiger partial charge in [0.2, 0.25) is 0 Å². The van der Waals surface area contributed by atoms with Gasteiger partial charge >= 0.3 is 0 Å². The topological polar surface area (TPSA) is 54.7 Å². The Bertz CT molecular complexity index is 483. The SMILES string of the molecule is Cc1[nH]nc(CCCc2ccc(N)cc2)c1C. The molecule has 0 unspecified atom stereocenters. The average Bonchev–Trinajstić information content (AvgIpc) is 2.64. The molecule has 0 fully saturated rings. The van der Waals surface area contributed by atoms with Crippen molar-refractivity contribution in [1.82, 2.24) is 10.2 Å². The molecule has 0 aliphatic heterocycles. The first kappa shape index (κ1) is 11.7. The smallest absolute Gasteiger partial charge is 0.0654 e. The summed E-state index contributed by atoms with van der Waals surface area (Å²) in [5, 5.41) is 7.34. The summed E-state index contributed by atoms with van der Waals surface area (Å²) in [5.74, 6) is 0. The van der Waals surface area contributed by atoms with Gasteiger partial charge in [-0.3, -0.25) is 5.10 Å². The summed E-state index contributed by atoms with van der Waals surface area (Å²) in [6.07, 6.45) is 3.22. The number of aryl methyl sites for hydroxylation is 3. The van der Waals surface area contributed by atoms with Crippen molar-refractivity contribution in [2.45, 2.75) is 33.1 Å². The summed E-state index contributed by atoms with van der Waals surface area (Å²) in [7, 11) is 0. The Kier molecular flexibility index (Phi) is 3.47. The molecule has 0 amide bonds. The molecule has 3 N–H and O–H groups in total. The Labute approximate surface area is 102 Å². The number of nitrogens with one attached hydrogen (secondary N) is 1. The monoisotopic (exact) mass is 229 g/mol. The van der Waals surface area contributed by atoms with Gasteiger partial charge in [0.1, 0.15) is 0 Å². The Morgan fingerprint density at radius 1 is 1.12 bits per heavy atom. The third-order valence-corrected chi connectivity index (χ3v) is 3.21. The molecule has 3 heteroatoms. The van der Waals surface area contributed by atoms with Gasteiger partial charge < -0.3 is 5.73 Å². The van der Waals surface area contributed by atoms with Gasteiger partial charge in [-0.2, -0.15) is 5.10 Å². The van der Waals surface area contributed by atoms with Crippen LogP contribution in [0.2, 0.25) is 0 Å². The summed E-state index contributed by atoms with van der Waals surface area (Å²) in [6.45, 7) is 4.18. The van der Waals surface area contributed by atoms with E-state index in [0.717, 1.165) is 24.9 Å². The average molecular weight is 229 g/mol. The predicted molar refractivity (Wildman–Crippen MR) is 70.9 cm³/mol. The zero-order chi connectivity index (χ0) is 12.3. The summed E-state index contributed by atoms with van der Waals surface area (Å²) in [6, 6.07) is 8.11. The molecule has 0 atom stereocenters. The van der Waals surface area contributed by atoms with Crippen molar-refractivity contribution in [2.24, 2.45) is 0 Å². The highest BCUT2D eigenvalue weighted by Crippen LogP contribution is 2.13. The fourth-order valence-electron chi connectivity index (χ4n) is 1.92. The number of rotatable bonds is 4. The molecule has 2 rings (SSSR count). The van der Waals surface area contributed by atoms with Gasteiger partial charge in [-0.15, -0.1) is 0 Å². The number of nitrogen functional groups attached to an aromatic ring is 1. The van der Waals surface area contributed by atoms with E-state index in [1.807, 2.05) is 12.1 Å². The maximum atomic E-state index is 5.65. The molecular formula is C14H19N3. The van der Waals surface area contributed by atoms with E-state index in [2.05, 4.69) is 36.2 Å². The van der Waals surface area contributed by atoms with Crippen molar-refractivity contribution >= 4 is 5.69 Å². The van der Waals surface area contributed by atoms with Crippen LogP contribution in [0.3, 0.4) is 0 Å². The molecule has 0 saturated carbocycles. The lowest BCUT2D eigenvalue weighted by Gasteiger charge is -2.01. The zero-order valence-corrected chi connectivity index (χ0v) is 10.5. The highest BCUT2D eigenvalue weighted by Gasteiger charge is 2.04. The fraction of sp³-hybridized carbons (Fsp3) is 0.357. The maximum Gasteiger partial charge on any atom is 0.0654 e. The number of nitrogens with two attached hydrogens (primary N) is 1. The summed E-state index contributed by atoms with van der Waals surface area (Å²) >= 11 is 0. The van der Waals surface area contributed by atoms with E-state index in [9.17, 15) is 0 Å². The molecule has 1 heterocycles. The van der Waals surface area contributed by atoms with Crippen LogP contribution in [-0.2, 0) is 12.8 Å². The van der Waals surface area contributed by atoms with E-state index in [-0.39, 0.29) is 0 Å². The van der Waals surface area contributed by atoms with E-state index < -0.39 is 0 Å². The second-order valence-corrected chi connectivity index (χ2v) is 4.52. The standard InChI is InChI=1S/C14H19N3/c1-10-11(2)16-17-14(10)5-3-4-12-6-8-13(15)9-7-12/h6-9H,3-5,15H2,1-2H3,(H,16,17). The first-order valence-electron chi connectivity index (χ1n) is 6.01. The van der Waals surface area contributed by atoms with Crippen LogP contribution in [-0.4, -0.2) is 10.2 Å². The van der Waals surface area contributed by atoms with Crippen LogP contribution in [0.15, 0.2) is 24.3 Å². The Morgan fingerprint density at radius 2 is 1.82 bits per heavy atom. The van der Waals surface area contributed by atoms with Crippen LogP contribution >= 0.6 is 0 Å². The van der Waals surface area contributed by atoms with Crippen LogP contribution in [0, 0.1) is 13.8 Å². The number of H-pyrrole nitrogens is 1. The molecule has 3 nitrogen and oxygen atoms in total. The van der Waals surface area contributed by atoms with E-state index in [0.29, 0.717) is 0 Å². The van der Waals surface area contributed by atoms with Gasteiger partial charge in [-0.05, 0) is 56.4 Å². The van der Waals surface area contributed by atoms with Gasteiger partial charge in [0.25, 0.3) is 0 Å². The first-order valence-corrected chi connectivity index (χ1v) is 6.01. The molecule has 0 aliphatic rings. The van der Waals surface area contributed by atoms with Gasteiger partial charge in [0.15, 0.2) is 0 Å². The van der Waals surface area contributed by atoms with Crippen LogP contribution in [0.5, 0.6) is 0 Å². The maximum absolute atomic E-state index is 5.65. The van der Waals surface area contributed by atoms with Crippen molar-refractivity contribution < 1.29 is 0 Å². The summed E-state index contributed by atoms with van der Waals surface area (Å²) < 4.78 is 0. The normalized spacial score (nSPS) is 10.7. The number of hydrogen-bond donors (Lipinski definition) is 2. The fourth-order valence-corrected chi connectivity index (χ4v) is 1.92. The minimum Gasteiger partial charge on any atom is -0.399 e. The number of aromatic nitrogens is 2. The van der Waals surface area contributed by atoms with Gasteiger partial charge in [-0.25, -0.2) is 0 Å². The molecule has 90 valence electrons. The number of hydrogen-bond acceptors (Lipinski definition) is 2. The van der Waals surface area contributed by atoms with Gasteiger partial charge in [0, 0.05) is 11.4 Å². The minimum atomic E-state index is 0.826. The lowest BCUT2D eigenvalue weighted by Crippen LogP contribution is -1.93. The molecule has 0 bridgehead atoms. The lowest BCUT2D eigenvalue weighted by molar-refractivity contribution is 0.789. The van der Waals surface area contributed by atoms with Gasteiger partial charge in [0.05, 0.1) is 5.69 Å². The van der Waals surface area contributed by atoms with E-state index >= 15 is 0 Å². The molecule has 17 heavy (non-hydrogen) atoms. The van der Waals surface area contributed by atoms with Crippen molar-refractivity contribution in [3.63, 3.8) is 0 Å². The molecule has 0 radical (unpaired) electrons. The number of nitrogens with zero attached hydrogens (tertiary/aromatic N) is 1. The Morgan fingerprint density at radius 3 is 2.41 bits per heavy atom. The van der Waals surface area contributed by atoms with E-state index in [1.165, 1.54) is 22.5 Å². The zero-order valence-electron chi connectivity index (χ0n) is 10.5. The first-order chi connectivity index (χ1) is 8.16. The van der Waals surface area contributed by atoms with Crippen molar-refractivity contribution in [2.75, 3.05) is 5.73 Å². The van der Waals surface area contributed by atoms with Crippen molar-refractivity contribution in [3.05, 3.63) is 46.8 Å². The third-order valence-electron chi connectivity index (χ3n) is 3.21. The Hall–Kier alpha value is -1.77. The minimum absolute atomic E-state index is 0.826. The van der Waals surface area contributed by atoms with E-state index in [1.54, 1.807) is 0 Å². The lowest BCUT2D eigenvalue weighted by atomic mass is 10.0. The van der Waals surface area contributed by atoms with Crippen LogP contribution in [0.25, 0.3) is 0 Å². The second kappa shape index (κ2) is 5.04. The largest absolute Gasteiger partial charge is 0.399 e. The quantitative estimate of drug-likeness (QED) is 0.792. The third kappa shape index (κ3) is 2.87. The predicted octanol–water partition coefficient (Wildman–Crippen LogP) is 2.78. The van der Waals surface area contributed by atoms with Gasteiger partial charge in [-0.1, -0.05) is 12.1 Å². The van der Waals surface area contributed by atoms with Crippen molar-refractivity contribution in [3.8, 4) is 0 Å². The molecular weight excluding hydrogens is 210 g/mol. The highest BCUT2D eigenvalue weighted by molar-refractivity contribution is 5.39. The number of benzene rings is 1. The van der Waals surface area contributed by atoms with E-state index in [4.69, 9.17) is 5.73 Å². The molecule has 0 spiro atoms. The second-order valence-electron chi connectivity index (χ2n) is 4.52. The summed E-state index contributed by atoms with van der Waals surface area (Å²) in [5.41, 5.74) is 11.5. The molecule has 1 aromatic heterocycles. The molecule has 0 aliphatic carbocycles.